The van der Waals surface area contributed by atoms with Crippen LogP contribution in [-0.2, 0) is 28.6 Å². The number of esters is 2. The zero-order chi connectivity index (χ0) is 35.7. The molecule has 0 bridgehead atoms. The van der Waals surface area contributed by atoms with Gasteiger partial charge >= 0.3 is 17.9 Å². The lowest BCUT2D eigenvalue weighted by Gasteiger charge is -2.31. The minimum atomic E-state index is -0.888. The van der Waals surface area contributed by atoms with Crippen molar-refractivity contribution in [2.45, 2.75) is 161 Å². The smallest absolute Gasteiger partial charge is 0.362 e. The Balaban J connectivity index is 4.42. The fraction of sp³-hybridized carbons (Fsp3) is 0.775. The second kappa shape index (κ2) is 31.8. The van der Waals surface area contributed by atoms with Crippen LogP contribution in [0.25, 0.3) is 0 Å². The molecule has 2 unspecified atom stereocenters. The summed E-state index contributed by atoms with van der Waals surface area (Å²) >= 11 is 0. The molecule has 0 aromatic heterocycles. The lowest BCUT2D eigenvalue weighted by molar-refractivity contribution is -0.887. The predicted octanol–water partition coefficient (Wildman–Crippen LogP) is 9.52. The van der Waals surface area contributed by atoms with Crippen LogP contribution in [0.3, 0.4) is 0 Å². The Morgan fingerprint density at radius 2 is 1.15 bits per heavy atom. The highest BCUT2D eigenvalue weighted by Gasteiger charge is 2.31. The summed E-state index contributed by atoms with van der Waals surface area (Å²) in [6.07, 6.45) is 33.7. The maximum absolute atomic E-state index is 12.5. The first-order chi connectivity index (χ1) is 23.1. The highest BCUT2D eigenvalue weighted by molar-refractivity contribution is 5.72. The highest BCUT2D eigenvalue weighted by Crippen LogP contribution is 2.14. The molecule has 0 spiro atoms. The van der Waals surface area contributed by atoms with Crippen molar-refractivity contribution in [1.29, 1.82) is 0 Å². The number of hydrogen-bond acceptors (Lipinski definition) is 6. The van der Waals surface area contributed by atoms with Gasteiger partial charge in [0.1, 0.15) is 6.61 Å². The molecule has 2 atom stereocenters. The van der Waals surface area contributed by atoms with Gasteiger partial charge in [0.15, 0.2) is 12.1 Å². The predicted molar refractivity (Wildman–Crippen MR) is 197 cm³/mol. The SMILES string of the molecule is CC/C=C/C/C=C/C/C=C/CC(=O)OC(COCCC(C(=O)O)[N+](C)(C)C)COC(=O)CCCCCCCCCCCCCCCCC. The first kappa shape index (κ1) is 45.6. The van der Waals surface area contributed by atoms with Crippen molar-refractivity contribution in [3.63, 3.8) is 0 Å². The van der Waals surface area contributed by atoms with Gasteiger partial charge in [-0.15, -0.1) is 0 Å². The van der Waals surface area contributed by atoms with Gasteiger partial charge in [-0.2, -0.15) is 0 Å². The fourth-order valence-electron chi connectivity index (χ4n) is 5.39. The number of unbranched alkanes of at least 4 members (excludes halogenated alkanes) is 14. The number of carboxylic acids is 1. The molecular weight excluding hydrogens is 606 g/mol. The highest BCUT2D eigenvalue weighted by atomic mass is 16.6. The Bertz CT molecular complexity index is 891. The summed E-state index contributed by atoms with van der Waals surface area (Å²) in [5, 5.41) is 9.56. The van der Waals surface area contributed by atoms with E-state index in [1.54, 1.807) is 6.08 Å². The van der Waals surface area contributed by atoms with Crippen LogP contribution in [0.1, 0.15) is 149 Å². The monoisotopic (exact) mass is 679 g/mol. The lowest BCUT2D eigenvalue weighted by Crippen LogP contribution is -2.50. The van der Waals surface area contributed by atoms with E-state index in [9.17, 15) is 19.5 Å². The second-order valence-electron chi connectivity index (χ2n) is 13.8. The summed E-state index contributed by atoms with van der Waals surface area (Å²) in [4.78, 5) is 36.6. The Labute approximate surface area is 293 Å². The van der Waals surface area contributed by atoms with Crippen molar-refractivity contribution in [2.75, 3.05) is 41.0 Å². The molecule has 278 valence electrons. The van der Waals surface area contributed by atoms with E-state index in [1.165, 1.54) is 77.0 Å². The van der Waals surface area contributed by atoms with E-state index < -0.39 is 24.1 Å². The number of carbonyl (C=O) groups excluding carboxylic acids is 2. The largest absolute Gasteiger partial charge is 0.477 e. The number of likely N-dealkylation sites (N-methyl/N-ethyl adjacent to an activating group) is 1. The van der Waals surface area contributed by atoms with Gasteiger partial charge in [0.2, 0.25) is 0 Å². The van der Waals surface area contributed by atoms with E-state index in [-0.39, 0.29) is 36.7 Å². The Morgan fingerprint density at radius 1 is 0.646 bits per heavy atom. The van der Waals surface area contributed by atoms with Crippen LogP contribution < -0.4 is 0 Å². The summed E-state index contributed by atoms with van der Waals surface area (Å²) in [6, 6.07) is -0.624. The minimum absolute atomic E-state index is 0.0270. The third kappa shape index (κ3) is 29.7. The van der Waals surface area contributed by atoms with E-state index in [2.05, 4.69) is 38.2 Å². The molecular formula is C40H72NO7+. The van der Waals surface area contributed by atoms with Crippen LogP contribution in [0.2, 0.25) is 0 Å². The molecule has 8 heteroatoms. The molecule has 0 aromatic rings. The number of carbonyl (C=O) groups is 3. The molecule has 0 aliphatic rings. The van der Waals surface area contributed by atoms with E-state index >= 15 is 0 Å². The van der Waals surface area contributed by atoms with E-state index in [4.69, 9.17) is 14.2 Å². The number of nitrogens with zero attached hydrogens (tertiary/aromatic N) is 1. The van der Waals surface area contributed by atoms with Crippen molar-refractivity contribution >= 4 is 17.9 Å². The number of quaternary nitrogens is 1. The molecule has 1 N–H and O–H groups in total. The topological polar surface area (TPSA) is 99.1 Å². The average Bonchev–Trinajstić information content (AvgIpc) is 3.03. The molecule has 0 aromatic carbocycles. The summed E-state index contributed by atoms with van der Waals surface area (Å²) < 4.78 is 17.0. The number of ether oxygens (including phenoxy) is 3. The Morgan fingerprint density at radius 3 is 1.65 bits per heavy atom. The summed E-state index contributed by atoms with van der Waals surface area (Å²) in [5.41, 5.74) is 0. The molecule has 0 fully saturated rings. The van der Waals surface area contributed by atoms with Gasteiger partial charge in [0, 0.05) is 12.8 Å². The van der Waals surface area contributed by atoms with Crippen molar-refractivity contribution in [3.8, 4) is 0 Å². The molecule has 0 saturated heterocycles. The van der Waals surface area contributed by atoms with E-state index in [0.717, 1.165) is 38.5 Å². The first-order valence-electron chi connectivity index (χ1n) is 19.0. The van der Waals surface area contributed by atoms with Crippen molar-refractivity contribution in [3.05, 3.63) is 36.5 Å². The molecule has 0 rings (SSSR count). The third-order valence-electron chi connectivity index (χ3n) is 8.34. The molecule has 48 heavy (non-hydrogen) atoms. The van der Waals surface area contributed by atoms with E-state index in [0.29, 0.717) is 12.8 Å². The average molecular weight is 679 g/mol. The van der Waals surface area contributed by atoms with Gasteiger partial charge in [-0.1, -0.05) is 140 Å². The lowest BCUT2D eigenvalue weighted by atomic mass is 10.0. The van der Waals surface area contributed by atoms with Crippen LogP contribution in [0.4, 0.5) is 0 Å². The fourth-order valence-corrected chi connectivity index (χ4v) is 5.39. The first-order valence-corrected chi connectivity index (χ1v) is 19.0. The van der Waals surface area contributed by atoms with Gasteiger partial charge in [-0.3, -0.25) is 9.59 Å². The van der Waals surface area contributed by atoms with Crippen LogP contribution in [-0.4, -0.2) is 80.6 Å². The van der Waals surface area contributed by atoms with E-state index in [1.807, 2.05) is 27.2 Å². The van der Waals surface area contributed by atoms with Gasteiger partial charge < -0.3 is 23.8 Å². The molecule has 0 aliphatic carbocycles. The minimum Gasteiger partial charge on any atom is -0.477 e. The molecule has 0 heterocycles. The van der Waals surface area contributed by atoms with Crippen LogP contribution in [0.15, 0.2) is 36.5 Å². The zero-order valence-electron chi connectivity index (χ0n) is 31.4. The zero-order valence-corrected chi connectivity index (χ0v) is 31.4. The van der Waals surface area contributed by atoms with Crippen molar-refractivity contribution in [1.82, 2.24) is 0 Å². The van der Waals surface area contributed by atoms with Gasteiger partial charge in [0.25, 0.3) is 0 Å². The second-order valence-corrected chi connectivity index (χ2v) is 13.8. The van der Waals surface area contributed by atoms with Gasteiger partial charge in [-0.25, -0.2) is 4.79 Å². The number of aliphatic carboxylic acids is 1. The summed E-state index contributed by atoms with van der Waals surface area (Å²) in [7, 11) is 5.48. The number of carboxylic acid groups (broad SMARTS) is 1. The van der Waals surface area contributed by atoms with Crippen LogP contribution in [0, 0.1) is 0 Å². The molecule has 0 aliphatic heterocycles. The molecule has 0 radical (unpaired) electrons. The molecule has 0 saturated carbocycles. The quantitative estimate of drug-likeness (QED) is 0.0319. The summed E-state index contributed by atoms with van der Waals surface area (Å²) in [5.74, 6) is -1.62. The normalized spacial score (nSPS) is 13.4. The number of hydrogen-bond donors (Lipinski definition) is 1. The maximum atomic E-state index is 12.5. The van der Waals surface area contributed by atoms with Gasteiger partial charge in [0.05, 0.1) is 40.8 Å². The molecule has 0 amide bonds. The van der Waals surface area contributed by atoms with Crippen LogP contribution in [0.5, 0.6) is 0 Å². The third-order valence-corrected chi connectivity index (χ3v) is 8.34. The van der Waals surface area contributed by atoms with Crippen molar-refractivity contribution in [2.24, 2.45) is 0 Å². The van der Waals surface area contributed by atoms with Gasteiger partial charge in [-0.05, 0) is 25.7 Å². The molecule has 8 nitrogen and oxygen atoms in total. The summed E-state index contributed by atoms with van der Waals surface area (Å²) in [6.45, 7) is 4.49. The Hall–Kier alpha value is -2.45. The van der Waals surface area contributed by atoms with Crippen LogP contribution >= 0.6 is 0 Å². The maximum Gasteiger partial charge on any atom is 0.362 e. The Kier molecular flexibility index (Phi) is 30.2. The standard InChI is InChI=1S/C40H71NO7/c1-6-8-10-12-14-16-17-18-19-20-21-23-24-26-28-30-38(42)47-35-36(34-46-33-32-37(40(44)45)41(3,4)5)48-39(43)31-29-27-25-22-15-13-11-9-7-2/h9,11,15,22,27,29,36-37H,6-8,10,12-14,16-21,23-26,28,30-35H2,1-5H3/p+1/b11-9+,22-15+,29-27+. The number of allylic oxidation sites excluding steroid dienone is 5. The van der Waals surface area contributed by atoms with Crippen molar-refractivity contribution < 1.29 is 38.2 Å². The number of rotatable bonds is 33.